The Morgan fingerprint density at radius 1 is 1.14 bits per heavy atom. The maximum atomic E-state index is 11.8. The highest BCUT2D eigenvalue weighted by Crippen LogP contribution is 2.29. The van der Waals surface area contributed by atoms with E-state index in [1.54, 1.807) is 12.1 Å². The monoisotopic (exact) mass is 306 g/mol. The van der Waals surface area contributed by atoms with E-state index < -0.39 is 9.84 Å². The lowest BCUT2D eigenvalue weighted by atomic mass is 10.1. The van der Waals surface area contributed by atoms with Crippen LogP contribution in [0.25, 0.3) is 6.08 Å². The van der Waals surface area contributed by atoms with Gasteiger partial charge in [0, 0.05) is 25.0 Å². The molecule has 0 radical (unpaired) electrons. The van der Waals surface area contributed by atoms with Crippen LogP contribution in [0.15, 0.2) is 28.5 Å². The number of hydrogen-bond donors (Lipinski definition) is 1. The molecule has 0 unspecified atom stereocenters. The van der Waals surface area contributed by atoms with Gasteiger partial charge in [-0.3, -0.25) is 0 Å². The number of benzene rings is 1. The van der Waals surface area contributed by atoms with Crippen molar-refractivity contribution in [3.05, 3.63) is 34.7 Å². The lowest BCUT2D eigenvalue weighted by Crippen LogP contribution is -2.35. The number of piperidine rings is 1. The summed E-state index contributed by atoms with van der Waals surface area (Å²) in [5.41, 5.74) is 1.91. The Balaban J connectivity index is 1.55. The molecule has 0 aliphatic carbocycles. The van der Waals surface area contributed by atoms with Gasteiger partial charge in [0.2, 0.25) is 0 Å². The lowest BCUT2D eigenvalue weighted by Gasteiger charge is -2.26. The highest BCUT2D eigenvalue weighted by atomic mass is 32.2. The second-order valence-corrected chi connectivity index (χ2v) is 7.56. The third-order valence-corrected chi connectivity index (χ3v) is 5.71. The summed E-state index contributed by atoms with van der Waals surface area (Å²) in [7, 11) is -3.19. The fourth-order valence-electron chi connectivity index (χ4n) is 3.06. The van der Waals surface area contributed by atoms with Gasteiger partial charge in [-0.15, -0.1) is 0 Å². The van der Waals surface area contributed by atoms with Crippen LogP contribution in [0.2, 0.25) is 0 Å². The van der Waals surface area contributed by atoms with Gasteiger partial charge in [-0.1, -0.05) is 18.6 Å². The zero-order chi connectivity index (χ0) is 14.7. The number of fused-ring (bicyclic) bond motifs is 1. The van der Waals surface area contributed by atoms with Crippen molar-refractivity contribution < 1.29 is 8.42 Å². The first-order valence-corrected chi connectivity index (χ1v) is 9.19. The Kier molecular flexibility index (Phi) is 4.42. The van der Waals surface area contributed by atoms with E-state index in [0.29, 0.717) is 4.90 Å². The molecular weight excluding hydrogens is 284 g/mol. The van der Waals surface area contributed by atoms with Crippen LogP contribution in [-0.2, 0) is 16.4 Å². The van der Waals surface area contributed by atoms with Gasteiger partial charge in [-0.25, -0.2) is 8.42 Å². The van der Waals surface area contributed by atoms with E-state index in [9.17, 15) is 8.42 Å². The fraction of sp³-hybridized carbons (Fsp3) is 0.500. The molecule has 2 heterocycles. The third-order valence-electron chi connectivity index (χ3n) is 4.25. The van der Waals surface area contributed by atoms with Gasteiger partial charge in [0.1, 0.15) is 0 Å². The lowest BCUT2D eigenvalue weighted by molar-refractivity contribution is 0.229. The molecule has 0 atom stereocenters. The standard InChI is InChI=1S/C16H22N2O2S/c19-21(20)12-7-15-14(5-4-6-16(15)21)13-17-8-11-18-9-2-1-3-10-18/h4-7,12,17H,1-3,8-11,13H2. The van der Waals surface area contributed by atoms with Crippen LogP contribution < -0.4 is 5.32 Å². The Hall–Kier alpha value is -1.17. The van der Waals surface area contributed by atoms with Crippen molar-refractivity contribution in [1.82, 2.24) is 10.2 Å². The van der Waals surface area contributed by atoms with Gasteiger partial charge < -0.3 is 10.2 Å². The van der Waals surface area contributed by atoms with Gasteiger partial charge in [-0.05, 0) is 49.2 Å². The number of nitrogens with one attached hydrogen (secondary N) is 1. The molecule has 21 heavy (non-hydrogen) atoms. The maximum Gasteiger partial charge on any atom is 0.200 e. The van der Waals surface area contributed by atoms with Crippen molar-refractivity contribution >= 4 is 15.9 Å². The first kappa shape index (κ1) is 14.8. The first-order valence-electron chi connectivity index (χ1n) is 7.65. The predicted octanol–water partition coefficient (Wildman–Crippen LogP) is 2.02. The zero-order valence-electron chi connectivity index (χ0n) is 12.2. The number of rotatable bonds is 5. The second kappa shape index (κ2) is 6.30. The highest BCUT2D eigenvalue weighted by molar-refractivity contribution is 7.94. The molecule has 3 rings (SSSR count). The van der Waals surface area contributed by atoms with Gasteiger partial charge in [0.25, 0.3) is 0 Å². The topological polar surface area (TPSA) is 49.4 Å². The largest absolute Gasteiger partial charge is 0.311 e. The summed E-state index contributed by atoms with van der Waals surface area (Å²) < 4.78 is 23.7. The summed E-state index contributed by atoms with van der Waals surface area (Å²) in [6.45, 7) is 5.16. The summed E-state index contributed by atoms with van der Waals surface area (Å²) in [5, 5.41) is 4.74. The van der Waals surface area contributed by atoms with Crippen molar-refractivity contribution in [2.24, 2.45) is 0 Å². The normalized spacial score (nSPS) is 20.6. The molecule has 0 amide bonds. The molecule has 2 aliphatic heterocycles. The summed E-state index contributed by atoms with van der Waals surface area (Å²) in [5.74, 6) is 0. The number of nitrogens with zero attached hydrogens (tertiary/aromatic N) is 1. The Morgan fingerprint density at radius 3 is 2.76 bits per heavy atom. The number of likely N-dealkylation sites (tertiary alicyclic amines) is 1. The van der Waals surface area contributed by atoms with Gasteiger partial charge in [0.05, 0.1) is 4.90 Å². The van der Waals surface area contributed by atoms with E-state index in [2.05, 4.69) is 10.2 Å². The van der Waals surface area contributed by atoms with Crippen LogP contribution in [0.3, 0.4) is 0 Å². The SMILES string of the molecule is O=S1(=O)C=Cc2c(CNCCN3CCCCC3)cccc21. The summed E-state index contributed by atoms with van der Waals surface area (Å²) >= 11 is 0. The second-order valence-electron chi connectivity index (χ2n) is 5.76. The van der Waals surface area contributed by atoms with Crippen molar-refractivity contribution in [2.45, 2.75) is 30.7 Å². The smallest absolute Gasteiger partial charge is 0.200 e. The molecule has 4 nitrogen and oxygen atoms in total. The molecule has 2 aliphatic rings. The molecule has 0 bridgehead atoms. The van der Waals surface area contributed by atoms with E-state index in [-0.39, 0.29) is 0 Å². The van der Waals surface area contributed by atoms with Gasteiger partial charge >= 0.3 is 0 Å². The molecule has 1 fully saturated rings. The predicted molar refractivity (Wildman–Crippen MR) is 84.7 cm³/mol. The molecule has 0 saturated carbocycles. The van der Waals surface area contributed by atoms with Crippen LogP contribution in [0.1, 0.15) is 30.4 Å². The fourth-order valence-corrected chi connectivity index (χ4v) is 4.29. The average molecular weight is 306 g/mol. The Labute approximate surface area is 126 Å². The van der Waals surface area contributed by atoms with Crippen molar-refractivity contribution in [1.29, 1.82) is 0 Å². The molecule has 1 aromatic rings. The average Bonchev–Trinajstić information content (AvgIpc) is 2.81. The molecule has 1 saturated heterocycles. The highest BCUT2D eigenvalue weighted by Gasteiger charge is 2.22. The minimum atomic E-state index is -3.19. The van der Waals surface area contributed by atoms with Crippen LogP contribution in [0, 0.1) is 0 Å². The van der Waals surface area contributed by atoms with E-state index in [1.807, 2.05) is 12.1 Å². The van der Waals surface area contributed by atoms with E-state index in [0.717, 1.165) is 30.8 Å². The van der Waals surface area contributed by atoms with E-state index >= 15 is 0 Å². The molecule has 1 N–H and O–H groups in total. The maximum absolute atomic E-state index is 11.8. The molecule has 0 spiro atoms. The molecular formula is C16H22N2O2S. The minimum Gasteiger partial charge on any atom is -0.311 e. The Bertz CT molecular complexity index is 632. The zero-order valence-corrected chi connectivity index (χ0v) is 13.0. The third kappa shape index (κ3) is 3.36. The minimum absolute atomic E-state index is 0.442. The van der Waals surface area contributed by atoms with Gasteiger partial charge in [0.15, 0.2) is 9.84 Å². The molecule has 0 aromatic heterocycles. The molecule has 114 valence electrons. The summed E-state index contributed by atoms with van der Waals surface area (Å²) in [6.07, 6.45) is 5.71. The van der Waals surface area contributed by atoms with Crippen LogP contribution >= 0.6 is 0 Å². The quantitative estimate of drug-likeness (QED) is 0.846. The Morgan fingerprint density at radius 2 is 1.95 bits per heavy atom. The van der Waals surface area contributed by atoms with Gasteiger partial charge in [-0.2, -0.15) is 0 Å². The van der Waals surface area contributed by atoms with Crippen LogP contribution in [-0.4, -0.2) is 39.5 Å². The van der Waals surface area contributed by atoms with Crippen molar-refractivity contribution in [3.63, 3.8) is 0 Å². The van der Waals surface area contributed by atoms with Crippen LogP contribution in [0.4, 0.5) is 0 Å². The van der Waals surface area contributed by atoms with Crippen molar-refractivity contribution in [2.75, 3.05) is 26.2 Å². The number of sulfone groups is 1. The van der Waals surface area contributed by atoms with E-state index in [1.165, 1.54) is 37.8 Å². The summed E-state index contributed by atoms with van der Waals surface area (Å²) in [4.78, 5) is 2.94. The number of hydrogen-bond acceptors (Lipinski definition) is 4. The summed E-state index contributed by atoms with van der Waals surface area (Å²) in [6, 6.07) is 5.50. The van der Waals surface area contributed by atoms with Crippen molar-refractivity contribution in [3.8, 4) is 0 Å². The van der Waals surface area contributed by atoms with E-state index in [4.69, 9.17) is 0 Å². The molecule has 5 heteroatoms. The molecule has 1 aromatic carbocycles. The first-order chi connectivity index (χ1) is 10.2. The van der Waals surface area contributed by atoms with Crippen LogP contribution in [0.5, 0.6) is 0 Å².